The van der Waals surface area contributed by atoms with E-state index in [2.05, 4.69) is 50.3 Å². The van der Waals surface area contributed by atoms with Crippen molar-refractivity contribution in [1.29, 1.82) is 0 Å². The predicted molar refractivity (Wildman–Crippen MR) is 160 cm³/mol. The molecule has 1 aliphatic carbocycles. The highest BCUT2D eigenvalue weighted by atomic mass is 32.2. The maximum Gasteiger partial charge on any atom is 0.278 e. The molecule has 0 atom stereocenters. The van der Waals surface area contributed by atoms with Crippen molar-refractivity contribution >= 4 is 38.2 Å². The molecule has 0 amide bonds. The highest BCUT2D eigenvalue weighted by molar-refractivity contribution is 7.92. The van der Waals surface area contributed by atoms with Crippen LogP contribution in [0.15, 0.2) is 58.3 Å². The van der Waals surface area contributed by atoms with Crippen LogP contribution in [0.25, 0.3) is 16.9 Å². The standard InChI is InChI=1S/C29H34N8O2S/c1-5-13-36-28(38)24-17-30-29(33-27(24)37(36)26-11-7-10-25(32-26)34-40(3,4)39)31-21-15-20-18-35(2)14-12-22(20)23(16-21)19-8-6-9-19/h5,7,10-11,15-17,19H,1,6,8-9,12-14,18H2,2-4H3,(H,30,31,33). The molecule has 1 aromatic carbocycles. The van der Waals surface area contributed by atoms with Gasteiger partial charge in [-0.3, -0.25) is 4.79 Å². The molecule has 0 spiro atoms. The summed E-state index contributed by atoms with van der Waals surface area (Å²) in [6.07, 6.45) is 11.1. The summed E-state index contributed by atoms with van der Waals surface area (Å²) in [6.45, 7) is 6.06. The van der Waals surface area contributed by atoms with E-state index in [1.165, 1.54) is 40.6 Å². The number of hydrogen-bond donors (Lipinski definition) is 1. The minimum absolute atomic E-state index is 0.246. The van der Waals surface area contributed by atoms with Crippen molar-refractivity contribution in [2.45, 2.75) is 44.7 Å². The fourth-order valence-corrected chi connectivity index (χ4v) is 6.13. The van der Waals surface area contributed by atoms with Gasteiger partial charge in [0.1, 0.15) is 5.39 Å². The molecule has 10 nitrogen and oxygen atoms in total. The third-order valence-corrected chi connectivity index (χ3v) is 8.22. The van der Waals surface area contributed by atoms with Crippen LogP contribution in [0.2, 0.25) is 0 Å². The van der Waals surface area contributed by atoms with Gasteiger partial charge < -0.3 is 10.2 Å². The lowest BCUT2D eigenvalue weighted by Crippen LogP contribution is -2.28. The summed E-state index contributed by atoms with van der Waals surface area (Å²) in [5, 5.41) is 3.79. The minimum atomic E-state index is -2.41. The Morgan fingerprint density at radius 2 is 2.05 bits per heavy atom. The van der Waals surface area contributed by atoms with Crippen LogP contribution >= 0.6 is 0 Å². The number of pyridine rings is 1. The van der Waals surface area contributed by atoms with E-state index in [0.29, 0.717) is 34.5 Å². The van der Waals surface area contributed by atoms with Crippen molar-refractivity contribution in [3.8, 4) is 5.82 Å². The maximum atomic E-state index is 13.3. The van der Waals surface area contributed by atoms with E-state index in [1.54, 1.807) is 47.7 Å². The second kappa shape index (κ2) is 10.3. The fraction of sp³-hybridized carbons (Fsp3) is 0.379. The van der Waals surface area contributed by atoms with Gasteiger partial charge in [0.25, 0.3) is 5.56 Å². The number of aromatic nitrogens is 5. The van der Waals surface area contributed by atoms with E-state index in [0.717, 1.165) is 25.2 Å². The number of nitrogens with one attached hydrogen (secondary N) is 1. The van der Waals surface area contributed by atoms with Crippen LogP contribution in [0.1, 0.15) is 41.9 Å². The van der Waals surface area contributed by atoms with Gasteiger partial charge >= 0.3 is 0 Å². The molecule has 0 unspecified atom stereocenters. The van der Waals surface area contributed by atoms with Crippen LogP contribution < -0.4 is 10.9 Å². The van der Waals surface area contributed by atoms with Crippen molar-refractivity contribution < 1.29 is 4.21 Å². The first kappa shape index (κ1) is 26.4. The molecule has 11 heteroatoms. The van der Waals surface area contributed by atoms with Gasteiger partial charge in [-0.05, 0) is 73.2 Å². The smallest absolute Gasteiger partial charge is 0.278 e. The molecule has 0 radical (unpaired) electrons. The highest BCUT2D eigenvalue weighted by Gasteiger charge is 2.27. The molecular weight excluding hydrogens is 524 g/mol. The van der Waals surface area contributed by atoms with Crippen LogP contribution in [0.3, 0.4) is 0 Å². The Balaban J connectivity index is 1.45. The number of likely N-dealkylation sites (N-methyl/N-ethyl adjacent to an activating group) is 1. The van der Waals surface area contributed by atoms with Gasteiger partial charge in [-0.25, -0.2) is 23.5 Å². The Labute approximate surface area is 233 Å². The molecule has 0 saturated heterocycles. The molecule has 2 aliphatic rings. The second-order valence-corrected chi connectivity index (χ2v) is 13.5. The lowest BCUT2D eigenvalue weighted by molar-refractivity contribution is 0.309. The van der Waals surface area contributed by atoms with Gasteiger partial charge in [0, 0.05) is 47.2 Å². The summed E-state index contributed by atoms with van der Waals surface area (Å²) in [7, 11) is -0.254. The van der Waals surface area contributed by atoms with Gasteiger partial charge in [-0.1, -0.05) is 18.6 Å². The Kier molecular flexibility index (Phi) is 6.79. The highest BCUT2D eigenvalue weighted by Crippen LogP contribution is 2.41. The third-order valence-electron chi connectivity index (χ3n) is 7.59. The lowest BCUT2D eigenvalue weighted by atomic mass is 9.76. The summed E-state index contributed by atoms with van der Waals surface area (Å²) in [5.74, 6) is 1.77. The van der Waals surface area contributed by atoms with E-state index < -0.39 is 9.73 Å². The molecule has 40 heavy (non-hydrogen) atoms. The van der Waals surface area contributed by atoms with E-state index in [4.69, 9.17) is 4.98 Å². The van der Waals surface area contributed by atoms with Gasteiger partial charge in [0.05, 0.1) is 6.54 Å². The number of anilines is 2. The van der Waals surface area contributed by atoms with E-state index in [1.807, 2.05) is 0 Å². The van der Waals surface area contributed by atoms with Gasteiger partial charge in [-0.15, -0.1) is 6.58 Å². The molecule has 6 rings (SSSR count). The van der Waals surface area contributed by atoms with Crippen LogP contribution in [-0.2, 0) is 29.2 Å². The van der Waals surface area contributed by atoms with Crippen LogP contribution in [0.5, 0.6) is 0 Å². The van der Waals surface area contributed by atoms with E-state index in [-0.39, 0.29) is 12.1 Å². The van der Waals surface area contributed by atoms with Crippen LogP contribution in [-0.4, -0.2) is 59.5 Å². The summed E-state index contributed by atoms with van der Waals surface area (Å²) < 4.78 is 19.7. The Morgan fingerprint density at radius 3 is 2.77 bits per heavy atom. The zero-order chi connectivity index (χ0) is 28.0. The molecule has 4 aromatic rings. The summed E-state index contributed by atoms with van der Waals surface area (Å²) in [5.41, 5.74) is 5.42. The van der Waals surface area contributed by atoms with Crippen molar-refractivity contribution in [3.63, 3.8) is 0 Å². The monoisotopic (exact) mass is 558 g/mol. The summed E-state index contributed by atoms with van der Waals surface area (Å²) in [6, 6.07) is 9.69. The number of benzene rings is 1. The van der Waals surface area contributed by atoms with E-state index >= 15 is 0 Å². The van der Waals surface area contributed by atoms with Crippen molar-refractivity contribution in [2.24, 2.45) is 4.36 Å². The number of nitrogens with zero attached hydrogens (tertiary/aromatic N) is 7. The van der Waals surface area contributed by atoms with Gasteiger partial charge in [0.15, 0.2) is 17.3 Å². The number of fused-ring (bicyclic) bond motifs is 2. The first-order chi connectivity index (χ1) is 19.2. The molecule has 208 valence electrons. The number of rotatable bonds is 7. The third kappa shape index (κ3) is 5.06. The Morgan fingerprint density at radius 1 is 1.23 bits per heavy atom. The first-order valence-corrected chi connectivity index (χ1v) is 15.9. The lowest BCUT2D eigenvalue weighted by Gasteiger charge is -2.33. The quantitative estimate of drug-likeness (QED) is 0.332. The maximum absolute atomic E-state index is 13.3. The molecule has 1 aliphatic heterocycles. The minimum Gasteiger partial charge on any atom is -0.324 e. The number of hydrogen-bond acceptors (Lipinski definition) is 8. The molecular formula is C29H34N8O2S. The summed E-state index contributed by atoms with van der Waals surface area (Å²) >= 11 is 0. The van der Waals surface area contributed by atoms with Crippen molar-refractivity contribution in [1.82, 2.24) is 29.2 Å². The molecule has 0 bridgehead atoms. The largest absolute Gasteiger partial charge is 0.324 e. The topological polar surface area (TPSA) is 110 Å². The van der Waals surface area contributed by atoms with Crippen LogP contribution in [0.4, 0.5) is 17.5 Å². The summed E-state index contributed by atoms with van der Waals surface area (Å²) in [4.78, 5) is 29.6. The van der Waals surface area contributed by atoms with Crippen molar-refractivity contribution in [2.75, 3.05) is 31.4 Å². The van der Waals surface area contributed by atoms with Gasteiger partial charge in [-0.2, -0.15) is 9.35 Å². The molecule has 1 fully saturated rings. The normalized spacial score (nSPS) is 16.0. The average molecular weight is 559 g/mol. The van der Waals surface area contributed by atoms with E-state index in [9.17, 15) is 9.00 Å². The second-order valence-electron chi connectivity index (χ2n) is 11.0. The SMILES string of the molecule is C=CCn1c(=O)c2cnc(Nc3cc4c(c(C5CCC5)c3)CCN(C)C4)nc2n1-c1cccc(N=S(C)(C)=O)n1. The Bertz CT molecular complexity index is 1800. The molecule has 1 N–H and O–H groups in total. The zero-order valence-electron chi connectivity index (χ0n) is 23.1. The molecule has 3 aromatic heterocycles. The van der Waals surface area contributed by atoms with Crippen molar-refractivity contribution in [3.05, 3.63) is 76.2 Å². The molecule has 1 saturated carbocycles. The van der Waals surface area contributed by atoms with Gasteiger partial charge in [0.2, 0.25) is 5.95 Å². The average Bonchev–Trinajstić information content (AvgIpc) is 3.13. The fourth-order valence-electron chi connectivity index (χ4n) is 5.57. The Hall–Kier alpha value is -3.83. The molecule has 4 heterocycles. The van der Waals surface area contributed by atoms with Crippen LogP contribution in [0, 0.1) is 0 Å². The zero-order valence-corrected chi connectivity index (χ0v) is 23.9. The predicted octanol–water partition coefficient (Wildman–Crippen LogP) is 4.52. The number of allylic oxidation sites excluding steroid dienone is 1. The first-order valence-electron chi connectivity index (χ1n) is 13.6.